The lowest BCUT2D eigenvalue weighted by Crippen LogP contribution is -2.34. The molecule has 0 aliphatic carbocycles. The van der Waals surface area contributed by atoms with Gasteiger partial charge in [0.25, 0.3) is 10.0 Å². The number of rotatable bonds is 5. The van der Waals surface area contributed by atoms with Crippen LogP contribution in [-0.2, 0) is 16.6 Å². The fraction of sp³-hybridized carbons (Fsp3) is 0.100. The molecule has 0 unspecified atom stereocenters. The van der Waals surface area contributed by atoms with E-state index in [2.05, 4.69) is 20.0 Å². The largest absolute Gasteiger partial charge is 0.495 e. The van der Waals surface area contributed by atoms with Crippen LogP contribution < -0.4 is 20.1 Å². The maximum atomic E-state index is 12.7. The number of anilines is 1. The Hall–Kier alpha value is -3.30. The summed E-state index contributed by atoms with van der Waals surface area (Å²) in [6.45, 7) is 0.203. The van der Waals surface area contributed by atoms with Crippen molar-refractivity contribution in [3.8, 4) is 17.2 Å². The Balaban J connectivity index is 1.63. The molecule has 1 aliphatic rings. The van der Waals surface area contributed by atoms with Gasteiger partial charge in [-0.1, -0.05) is 29.8 Å². The van der Waals surface area contributed by atoms with Crippen LogP contribution in [0, 0.1) is 0 Å². The van der Waals surface area contributed by atoms with E-state index in [1.165, 1.54) is 13.2 Å². The first-order chi connectivity index (χ1) is 14.5. The molecule has 10 heteroatoms. The Morgan fingerprint density at radius 2 is 1.80 bits per heavy atom. The molecule has 3 aromatic rings. The van der Waals surface area contributed by atoms with Crippen molar-refractivity contribution >= 4 is 33.3 Å². The van der Waals surface area contributed by atoms with Gasteiger partial charge in [-0.2, -0.15) is 8.42 Å². The number of methoxy groups -OCH3 is 1. The molecule has 0 saturated heterocycles. The molecule has 2 N–H and O–H groups in total. The first-order valence-electron chi connectivity index (χ1n) is 8.87. The van der Waals surface area contributed by atoms with E-state index in [1.807, 2.05) is 0 Å². The summed E-state index contributed by atoms with van der Waals surface area (Å²) < 4.78 is 40.3. The van der Waals surface area contributed by atoms with Crippen LogP contribution in [0.5, 0.6) is 17.2 Å². The molecule has 8 nitrogen and oxygen atoms in total. The van der Waals surface area contributed by atoms with Crippen molar-refractivity contribution in [2.24, 2.45) is 4.40 Å². The van der Waals surface area contributed by atoms with Crippen LogP contribution in [0.15, 0.2) is 70.1 Å². The van der Waals surface area contributed by atoms with Gasteiger partial charge in [0.1, 0.15) is 27.8 Å². The Morgan fingerprint density at radius 3 is 2.60 bits per heavy atom. The topological polar surface area (TPSA) is 102 Å². The van der Waals surface area contributed by atoms with Gasteiger partial charge in [0.2, 0.25) is 5.96 Å². The summed E-state index contributed by atoms with van der Waals surface area (Å²) >= 11 is 6.17. The number of sulfonamides is 1. The monoisotopic (exact) mass is 444 g/mol. The Bertz CT molecular complexity index is 1230. The molecule has 4 rings (SSSR count). The molecular formula is C20H17ClN4O4S. The molecule has 30 heavy (non-hydrogen) atoms. The average Bonchev–Trinajstić information content (AvgIpc) is 2.74. The van der Waals surface area contributed by atoms with E-state index in [4.69, 9.17) is 21.1 Å². The van der Waals surface area contributed by atoms with Crippen LogP contribution in [-0.4, -0.2) is 26.5 Å². The molecule has 154 valence electrons. The number of hydrogen-bond acceptors (Lipinski definition) is 7. The van der Waals surface area contributed by atoms with Gasteiger partial charge in [-0.25, -0.2) is 0 Å². The molecule has 0 radical (unpaired) electrons. The van der Waals surface area contributed by atoms with Crippen molar-refractivity contribution in [2.75, 3.05) is 12.4 Å². The second-order valence-corrected chi connectivity index (χ2v) is 8.19. The molecule has 0 saturated carbocycles. The standard InChI is InChI=1S/C20H17ClN4O4S/c1-28-16-9-5-11-22-14(16)12-23-20-24-19-17(29-15-7-3-2-6-13(15)21)8-4-10-18(19)30(26,27)25-20/h2-11H,12H2,1H3,(H2,23,24,25). The van der Waals surface area contributed by atoms with Crippen LogP contribution in [0.1, 0.15) is 5.69 Å². The number of pyridine rings is 1. The summed E-state index contributed by atoms with van der Waals surface area (Å²) in [6, 6.07) is 15.1. The van der Waals surface area contributed by atoms with E-state index in [0.717, 1.165) is 0 Å². The zero-order chi connectivity index (χ0) is 21.1. The van der Waals surface area contributed by atoms with Crippen LogP contribution in [0.2, 0.25) is 5.02 Å². The maximum Gasteiger partial charge on any atom is 0.287 e. The average molecular weight is 445 g/mol. The lowest BCUT2D eigenvalue weighted by Gasteiger charge is -2.22. The third-order valence-corrected chi connectivity index (χ3v) is 5.90. The summed E-state index contributed by atoms with van der Waals surface area (Å²) in [4.78, 5) is 4.25. The molecule has 2 aromatic carbocycles. The van der Waals surface area contributed by atoms with Gasteiger partial charge in [0.15, 0.2) is 5.75 Å². The number of para-hydroxylation sites is 2. The summed E-state index contributed by atoms with van der Waals surface area (Å²) in [6.07, 6.45) is 1.62. The lowest BCUT2D eigenvalue weighted by molar-refractivity contribution is 0.406. The number of hydrogen-bond donors (Lipinski definition) is 2. The van der Waals surface area contributed by atoms with E-state index in [-0.39, 0.29) is 23.1 Å². The van der Waals surface area contributed by atoms with Gasteiger partial charge < -0.3 is 20.1 Å². The quantitative estimate of drug-likeness (QED) is 0.617. The van der Waals surface area contributed by atoms with Crippen LogP contribution in [0.25, 0.3) is 0 Å². The number of nitrogens with one attached hydrogen (secondary N) is 2. The van der Waals surface area contributed by atoms with Crippen LogP contribution in [0.4, 0.5) is 5.69 Å². The first kappa shape index (κ1) is 20.0. The van der Waals surface area contributed by atoms with Gasteiger partial charge in [-0.15, -0.1) is 4.40 Å². The third kappa shape index (κ3) is 4.03. The van der Waals surface area contributed by atoms with Crippen molar-refractivity contribution in [1.29, 1.82) is 0 Å². The highest BCUT2D eigenvalue weighted by Gasteiger charge is 2.28. The smallest absolute Gasteiger partial charge is 0.287 e. The maximum absolute atomic E-state index is 12.7. The van der Waals surface area contributed by atoms with Gasteiger partial charge in [-0.3, -0.25) is 4.98 Å². The van der Waals surface area contributed by atoms with Crippen molar-refractivity contribution in [3.63, 3.8) is 0 Å². The Kier molecular flexibility index (Phi) is 5.47. The molecule has 0 bridgehead atoms. The zero-order valence-corrected chi connectivity index (χ0v) is 17.4. The van der Waals surface area contributed by atoms with Crippen molar-refractivity contribution < 1.29 is 17.9 Å². The minimum Gasteiger partial charge on any atom is -0.495 e. The summed E-state index contributed by atoms with van der Waals surface area (Å²) in [7, 11) is -2.40. The number of ether oxygens (including phenoxy) is 2. The summed E-state index contributed by atoms with van der Waals surface area (Å²) in [5.74, 6) is 1.33. The van der Waals surface area contributed by atoms with Crippen LogP contribution in [0.3, 0.4) is 0 Å². The van der Waals surface area contributed by atoms with Crippen molar-refractivity contribution in [2.45, 2.75) is 11.4 Å². The molecule has 0 atom stereocenters. The third-order valence-electron chi connectivity index (χ3n) is 4.27. The molecule has 0 spiro atoms. The number of aromatic nitrogens is 1. The highest BCUT2D eigenvalue weighted by atomic mass is 35.5. The van der Waals surface area contributed by atoms with Crippen molar-refractivity contribution in [1.82, 2.24) is 10.3 Å². The minimum atomic E-state index is -3.94. The highest BCUT2D eigenvalue weighted by Crippen LogP contribution is 2.39. The summed E-state index contributed by atoms with van der Waals surface area (Å²) in [5, 5.41) is 6.34. The van der Waals surface area contributed by atoms with E-state index in [1.54, 1.807) is 54.7 Å². The molecule has 2 heterocycles. The lowest BCUT2D eigenvalue weighted by atomic mass is 10.2. The number of halogens is 1. The predicted octanol–water partition coefficient (Wildman–Crippen LogP) is 3.80. The summed E-state index contributed by atoms with van der Waals surface area (Å²) in [5.41, 5.74) is 0.871. The number of benzene rings is 2. The molecule has 1 aliphatic heterocycles. The minimum absolute atomic E-state index is 0.00743. The molecule has 1 aromatic heterocycles. The van der Waals surface area contributed by atoms with E-state index in [0.29, 0.717) is 28.0 Å². The zero-order valence-electron chi connectivity index (χ0n) is 15.8. The van der Waals surface area contributed by atoms with Gasteiger partial charge in [-0.05, 0) is 36.4 Å². The fourth-order valence-electron chi connectivity index (χ4n) is 2.88. The van der Waals surface area contributed by atoms with Gasteiger partial charge in [0, 0.05) is 6.20 Å². The molecular weight excluding hydrogens is 428 g/mol. The number of guanidine groups is 1. The predicted molar refractivity (Wildman–Crippen MR) is 114 cm³/mol. The number of nitrogens with zero attached hydrogens (tertiary/aromatic N) is 2. The normalized spacial score (nSPS) is 14.1. The van der Waals surface area contributed by atoms with E-state index < -0.39 is 10.0 Å². The fourth-order valence-corrected chi connectivity index (χ4v) is 4.16. The SMILES string of the molecule is COc1cccnc1CNC1=NS(=O)(=O)c2cccc(Oc3ccccc3Cl)c2N1. The van der Waals surface area contributed by atoms with E-state index >= 15 is 0 Å². The second-order valence-electron chi connectivity index (χ2n) is 6.21. The highest BCUT2D eigenvalue weighted by molar-refractivity contribution is 7.90. The van der Waals surface area contributed by atoms with Gasteiger partial charge in [0.05, 0.1) is 18.7 Å². The van der Waals surface area contributed by atoms with E-state index in [9.17, 15) is 8.42 Å². The van der Waals surface area contributed by atoms with Gasteiger partial charge >= 0.3 is 0 Å². The Labute approximate surface area is 178 Å². The second kappa shape index (κ2) is 8.21. The molecule has 0 amide bonds. The molecule has 0 fully saturated rings. The van der Waals surface area contributed by atoms with Crippen molar-refractivity contribution in [3.05, 3.63) is 71.5 Å². The first-order valence-corrected chi connectivity index (χ1v) is 10.7. The van der Waals surface area contributed by atoms with Crippen LogP contribution >= 0.6 is 11.6 Å². The Morgan fingerprint density at radius 1 is 1.03 bits per heavy atom. The number of fused-ring (bicyclic) bond motifs is 1.